The van der Waals surface area contributed by atoms with Crippen LogP contribution >= 0.6 is 23.4 Å². The lowest BCUT2D eigenvalue weighted by Crippen LogP contribution is -2.24. The smallest absolute Gasteiger partial charge is 0.416 e. The second-order valence-electron chi connectivity index (χ2n) is 8.18. The lowest BCUT2D eigenvalue weighted by Gasteiger charge is -2.19. The molecular weight excluding hydrogens is 487 g/mol. The summed E-state index contributed by atoms with van der Waals surface area (Å²) in [6.45, 7) is 6.30. The van der Waals surface area contributed by atoms with Crippen molar-refractivity contribution >= 4 is 43.1 Å². The average Bonchev–Trinajstić information content (AvgIpc) is 2.64. The Bertz CT molecular complexity index is 1010. The molecule has 174 valence electrons. The van der Waals surface area contributed by atoms with E-state index in [2.05, 4.69) is 19.6 Å². The van der Waals surface area contributed by atoms with Gasteiger partial charge in [0.1, 0.15) is 16.7 Å². The van der Waals surface area contributed by atoms with Gasteiger partial charge in [-0.05, 0) is 30.7 Å². The molecule has 0 saturated carbocycles. The van der Waals surface area contributed by atoms with E-state index >= 15 is 0 Å². The van der Waals surface area contributed by atoms with Crippen LogP contribution in [0.25, 0.3) is 0 Å². The van der Waals surface area contributed by atoms with E-state index in [0.717, 1.165) is 42.1 Å². The molecule has 1 unspecified atom stereocenters. The number of ether oxygens (including phenoxy) is 1. The number of carboxylic acids is 1. The molecule has 0 aliphatic heterocycles. The van der Waals surface area contributed by atoms with Crippen LogP contribution in [0, 0.1) is 10.1 Å². The molecule has 1 atom stereocenters. The number of nitrogens with zero attached hydrogens (tertiary/aromatic N) is 1. The van der Waals surface area contributed by atoms with E-state index in [0.29, 0.717) is 6.42 Å². The Balaban J connectivity index is 2.33. The number of carboxylic acid groups (broad SMARTS) is 1. The zero-order valence-electron chi connectivity index (χ0n) is 17.4. The van der Waals surface area contributed by atoms with Gasteiger partial charge >= 0.3 is 12.1 Å². The van der Waals surface area contributed by atoms with Gasteiger partial charge < -0.3 is 9.84 Å². The van der Waals surface area contributed by atoms with Crippen molar-refractivity contribution < 1.29 is 32.7 Å². The van der Waals surface area contributed by atoms with E-state index in [4.69, 9.17) is 16.3 Å². The summed E-state index contributed by atoms with van der Waals surface area (Å²) < 4.78 is 44.0. The molecule has 0 aromatic heterocycles. The fraction of sp³-hybridized carbons (Fsp3) is 0.350. The van der Waals surface area contributed by atoms with Gasteiger partial charge in [-0.25, -0.2) is 0 Å². The fourth-order valence-corrected chi connectivity index (χ4v) is 5.31. The Morgan fingerprint density at radius 3 is 2.41 bits per heavy atom. The summed E-state index contributed by atoms with van der Waals surface area (Å²) in [4.78, 5) is 22.6. The maximum absolute atomic E-state index is 12.8. The number of alkyl halides is 3. The Hall–Kier alpha value is -2.24. The van der Waals surface area contributed by atoms with Gasteiger partial charge in [-0.2, -0.15) is 13.2 Å². The maximum atomic E-state index is 12.8. The second-order valence-corrected chi connectivity index (χ2v) is 15.4. The average molecular weight is 508 g/mol. The third kappa shape index (κ3) is 7.42. The maximum Gasteiger partial charge on any atom is 0.416 e. The summed E-state index contributed by atoms with van der Waals surface area (Å²) in [6, 6.07) is 7.02. The first-order valence-corrected chi connectivity index (χ1v) is 14.4. The summed E-state index contributed by atoms with van der Waals surface area (Å²) in [5.74, 6) is -1.08. The molecule has 1 N–H and O–H groups in total. The number of hydrogen-bond acceptors (Lipinski definition) is 5. The van der Waals surface area contributed by atoms with Crippen molar-refractivity contribution in [3.63, 3.8) is 0 Å². The van der Waals surface area contributed by atoms with E-state index in [1.807, 2.05) is 0 Å². The summed E-state index contributed by atoms with van der Waals surface area (Å²) in [6.07, 6.45) is -4.22. The lowest BCUT2D eigenvalue weighted by atomic mass is 10.2. The summed E-state index contributed by atoms with van der Waals surface area (Å²) in [7, 11) is -1.53. The van der Waals surface area contributed by atoms with Crippen molar-refractivity contribution in [3.8, 4) is 11.5 Å². The Morgan fingerprint density at radius 2 is 1.91 bits per heavy atom. The molecule has 12 heteroatoms. The molecular formula is C20H21ClF3NO5SSi. The van der Waals surface area contributed by atoms with Crippen LogP contribution in [0.5, 0.6) is 11.5 Å². The molecule has 0 aliphatic rings. The first kappa shape index (κ1) is 26.0. The van der Waals surface area contributed by atoms with Gasteiger partial charge in [-0.15, -0.1) is 11.8 Å². The third-order valence-electron chi connectivity index (χ3n) is 4.32. The highest BCUT2D eigenvalue weighted by Crippen LogP contribution is 2.40. The van der Waals surface area contributed by atoms with Crippen LogP contribution < -0.4 is 4.74 Å². The van der Waals surface area contributed by atoms with E-state index in [9.17, 15) is 33.2 Å². The number of thioether (sulfide) groups is 1. The number of nitro groups is 1. The minimum atomic E-state index is -4.57. The van der Waals surface area contributed by atoms with Gasteiger partial charge in [0, 0.05) is 20.2 Å². The molecule has 2 aromatic rings. The summed E-state index contributed by atoms with van der Waals surface area (Å²) >= 11 is 6.75. The van der Waals surface area contributed by atoms with E-state index in [1.54, 1.807) is 0 Å². The predicted octanol–water partition coefficient (Wildman–Crippen LogP) is 7.33. The van der Waals surface area contributed by atoms with Gasteiger partial charge in [0.25, 0.3) is 5.69 Å². The van der Waals surface area contributed by atoms with Crippen LogP contribution in [-0.2, 0) is 11.0 Å². The second kappa shape index (κ2) is 10.1. The highest BCUT2D eigenvalue weighted by Gasteiger charge is 2.31. The van der Waals surface area contributed by atoms with Crippen LogP contribution in [0.15, 0.2) is 41.3 Å². The summed E-state index contributed by atoms with van der Waals surface area (Å²) in [5, 5.41) is 19.8. The summed E-state index contributed by atoms with van der Waals surface area (Å²) in [5.41, 5.74) is -1.23. The molecule has 2 aromatic carbocycles. The van der Waals surface area contributed by atoms with E-state index in [1.165, 1.54) is 12.1 Å². The molecule has 2 rings (SSSR count). The normalized spacial score (nSPS) is 13.0. The van der Waals surface area contributed by atoms with E-state index < -0.39 is 36.0 Å². The molecule has 6 nitrogen and oxygen atoms in total. The molecule has 0 radical (unpaired) electrons. The van der Waals surface area contributed by atoms with Crippen LogP contribution in [0.3, 0.4) is 0 Å². The number of aliphatic carboxylic acids is 1. The molecule has 0 saturated heterocycles. The molecule has 0 spiro atoms. The topological polar surface area (TPSA) is 89.7 Å². The highest BCUT2D eigenvalue weighted by atomic mass is 35.5. The van der Waals surface area contributed by atoms with Crippen LogP contribution in [0.4, 0.5) is 18.9 Å². The number of halogens is 4. The predicted molar refractivity (Wildman–Crippen MR) is 120 cm³/mol. The number of carbonyl (C=O) groups is 1. The third-order valence-corrected chi connectivity index (χ3v) is 7.70. The molecule has 0 amide bonds. The number of hydrogen-bond donors (Lipinski definition) is 1. The number of rotatable bonds is 9. The van der Waals surface area contributed by atoms with Gasteiger partial charge in [0.2, 0.25) is 0 Å². The molecule has 0 aliphatic carbocycles. The first-order chi connectivity index (χ1) is 14.7. The Morgan fingerprint density at radius 1 is 1.25 bits per heavy atom. The lowest BCUT2D eigenvalue weighted by molar-refractivity contribution is -0.387. The zero-order chi connectivity index (χ0) is 24.3. The van der Waals surface area contributed by atoms with Crippen molar-refractivity contribution in [3.05, 3.63) is 57.1 Å². The molecule has 32 heavy (non-hydrogen) atoms. The van der Waals surface area contributed by atoms with Gasteiger partial charge in [0.15, 0.2) is 0 Å². The highest BCUT2D eigenvalue weighted by molar-refractivity contribution is 8.00. The van der Waals surface area contributed by atoms with Crippen molar-refractivity contribution in [2.75, 3.05) is 0 Å². The minimum Gasteiger partial charge on any atom is -0.480 e. The van der Waals surface area contributed by atoms with Crippen molar-refractivity contribution in [1.29, 1.82) is 0 Å². The number of nitro benzene ring substituents is 1. The standard InChI is InChI=1S/C20H21ClF3NO5SSi/c1-32(2,3)9-8-17(19(26)27)31-18-11-13(5-6-15(18)25(28)29)30-16-7-4-12(10-14(16)21)20(22,23)24/h4-7,10-11,17H,8-9H2,1-3H3,(H,26,27). The van der Waals surface area contributed by atoms with Crippen LogP contribution in [0.2, 0.25) is 30.7 Å². The SMILES string of the molecule is C[Si](C)(C)CCC(Sc1cc(Oc2ccc(C(F)(F)F)cc2Cl)ccc1[N+](=O)[O-])C(=O)O. The van der Waals surface area contributed by atoms with Gasteiger partial charge in [0.05, 0.1) is 20.4 Å². The van der Waals surface area contributed by atoms with Crippen molar-refractivity contribution in [2.45, 2.75) is 48.4 Å². The van der Waals surface area contributed by atoms with Crippen molar-refractivity contribution in [1.82, 2.24) is 0 Å². The Labute approximate surface area is 192 Å². The van der Waals surface area contributed by atoms with Gasteiger partial charge in [-0.3, -0.25) is 14.9 Å². The van der Waals surface area contributed by atoms with E-state index in [-0.39, 0.29) is 27.1 Å². The van der Waals surface area contributed by atoms with Crippen LogP contribution in [-0.4, -0.2) is 29.3 Å². The fourth-order valence-electron chi connectivity index (χ4n) is 2.64. The van der Waals surface area contributed by atoms with Crippen LogP contribution in [0.1, 0.15) is 12.0 Å². The monoisotopic (exact) mass is 507 g/mol. The quantitative estimate of drug-likeness (QED) is 0.165. The molecule has 0 fully saturated rings. The largest absolute Gasteiger partial charge is 0.480 e. The molecule has 0 heterocycles. The Kier molecular flexibility index (Phi) is 8.24. The van der Waals surface area contributed by atoms with Crippen molar-refractivity contribution in [2.24, 2.45) is 0 Å². The van der Waals surface area contributed by atoms with Gasteiger partial charge in [-0.1, -0.05) is 37.3 Å². The zero-order valence-corrected chi connectivity index (χ0v) is 20.0. The number of benzene rings is 2. The minimum absolute atomic E-state index is 0.0713. The first-order valence-electron chi connectivity index (χ1n) is 9.40. The molecule has 0 bridgehead atoms.